The van der Waals surface area contributed by atoms with Gasteiger partial charge in [0.2, 0.25) is 5.91 Å². The van der Waals surface area contributed by atoms with Gasteiger partial charge in [-0.15, -0.1) is 0 Å². The van der Waals surface area contributed by atoms with Crippen LogP contribution in [0.4, 0.5) is 0 Å². The largest absolute Gasteiger partial charge is 0.352 e. The Morgan fingerprint density at radius 1 is 1.10 bits per heavy atom. The van der Waals surface area contributed by atoms with Gasteiger partial charge in [-0.05, 0) is 36.6 Å². The summed E-state index contributed by atoms with van der Waals surface area (Å²) in [5, 5.41) is 12.8. The molecule has 0 saturated heterocycles. The van der Waals surface area contributed by atoms with Gasteiger partial charge in [0.05, 0.1) is 5.69 Å². The van der Waals surface area contributed by atoms with E-state index in [1.54, 1.807) is 6.07 Å². The minimum absolute atomic E-state index is 0.155. The summed E-state index contributed by atoms with van der Waals surface area (Å²) in [7, 11) is 0. The van der Waals surface area contributed by atoms with E-state index in [1.165, 1.54) is 0 Å². The molecule has 3 N–H and O–H groups in total. The van der Waals surface area contributed by atoms with Gasteiger partial charge < -0.3 is 10.6 Å². The molecule has 4 rings (SSSR count). The van der Waals surface area contributed by atoms with Crippen molar-refractivity contribution in [3.8, 4) is 11.3 Å². The summed E-state index contributed by atoms with van der Waals surface area (Å²) < 4.78 is 0.972. The summed E-state index contributed by atoms with van der Waals surface area (Å²) in [4.78, 5) is 25.4. The second-order valence-corrected chi connectivity index (χ2v) is 8.09. The third-order valence-corrected chi connectivity index (χ3v) is 5.32. The number of carbonyl (C=O) groups excluding carboxylic acids is 2. The summed E-state index contributed by atoms with van der Waals surface area (Å²) in [6.07, 6.45) is 2.42. The first kappa shape index (κ1) is 19.4. The Hall–Kier alpha value is -2.93. The molecule has 1 aliphatic carbocycles. The maximum absolute atomic E-state index is 12.8. The van der Waals surface area contributed by atoms with E-state index < -0.39 is 6.04 Å². The summed E-state index contributed by atoms with van der Waals surface area (Å²) in [5.41, 5.74) is 2.88. The lowest BCUT2D eigenvalue weighted by atomic mass is 10.0. The Bertz CT molecular complexity index is 997. The van der Waals surface area contributed by atoms with Gasteiger partial charge in [0, 0.05) is 22.5 Å². The third-order valence-electron chi connectivity index (χ3n) is 4.79. The molecule has 0 spiro atoms. The summed E-state index contributed by atoms with van der Waals surface area (Å²) in [5.74, 6) is -0.509. The predicted octanol–water partition coefficient (Wildman–Crippen LogP) is 3.46. The quantitative estimate of drug-likeness (QED) is 0.512. The van der Waals surface area contributed by atoms with E-state index in [1.807, 2.05) is 54.6 Å². The molecule has 7 heteroatoms. The molecule has 1 fully saturated rings. The lowest BCUT2D eigenvalue weighted by Gasteiger charge is -2.18. The van der Waals surface area contributed by atoms with Crippen LogP contribution >= 0.6 is 15.9 Å². The number of aromatic amines is 1. The van der Waals surface area contributed by atoms with Gasteiger partial charge in [0.15, 0.2) is 0 Å². The minimum Gasteiger partial charge on any atom is -0.352 e. The Labute approximate surface area is 177 Å². The van der Waals surface area contributed by atoms with Crippen LogP contribution in [0.15, 0.2) is 65.1 Å². The fraction of sp³-hybridized carbons (Fsp3) is 0.227. The van der Waals surface area contributed by atoms with Crippen molar-refractivity contribution in [1.29, 1.82) is 0 Å². The van der Waals surface area contributed by atoms with Crippen molar-refractivity contribution in [3.63, 3.8) is 0 Å². The van der Waals surface area contributed by atoms with Crippen molar-refractivity contribution in [3.05, 3.63) is 76.4 Å². The Morgan fingerprint density at radius 3 is 2.52 bits per heavy atom. The molecule has 1 saturated carbocycles. The lowest BCUT2D eigenvalue weighted by Crippen LogP contribution is -2.48. The molecular formula is C22H21BrN4O2. The number of rotatable bonds is 7. The summed E-state index contributed by atoms with van der Waals surface area (Å²) in [6.45, 7) is 0. The standard InChI is InChI=1S/C22H21BrN4O2/c23-16-8-6-15(7-9-16)18-13-20(27-26-18)22(29)25-19(21(28)24-17-10-11-17)12-14-4-2-1-3-5-14/h1-9,13,17,19H,10-12H2,(H,24,28)(H,25,29)(H,26,27). The van der Waals surface area contributed by atoms with Crippen molar-refractivity contribution >= 4 is 27.7 Å². The van der Waals surface area contributed by atoms with Crippen molar-refractivity contribution in [2.45, 2.75) is 31.3 Å². The van der Waals surface area contributed by atoms with Gasteiger partial charge in [-0.3, -0.25) is 14.7 Å². The van der Waals surface area contributed by atoms with Crippen LogP contribution in [0.2, 0.25) is 0 Å². The number of H-pyrrole nitrogens is 1. The fourth-order valence-corrected chi connectivity index (χ4v) is 3.30. The van der Waals surface area contributed by atoms with Crippen LogP contribution in [0.3, 0.4) is 0 Å². The molecule has 2 amide bonds. The second-order valence-electron chi connectivity index (χ2n) is 7.17. The zero-order valence-corrected chi connectivity index (χ0v) is 17.3. The summed E-state index contributed by atoms with van der Waals surface area (Å²) in [6, 6.07) is 18.6. The molecule has 0 radical (unpaired) electrons. The number of amides is 2. The molecule has 3 aromatic rings. The van der Waals surface area contributed by atoms with E-state index in [4.69, 9.17) is 0 Å². The highest BCUT2D eigenvalue weighted by atomic mass is 79.9. The van der Waals surface area contributed by atoms with Gasteiger partial charge >= 0.3 is 0 Å². The highest BCUT2D eigenvalue weighted by Crippen LogP contribution is 2.21. The van der Waals surface area contributed by atoms with Gasteiger partial charge in [0.25, 0.3) is 5.91 Å². The Balaban J connectivity index is 1.48. The predicted molar refractivity (Wildman–Crippen MR) is 114 cm³/mol. The Kier molecular flexibility index (Phi) is 5.76. The number of aromatic nitrogens is 2. The molecule has 1 aliphatic rings. The topological polar surface area (TPSA) is 86.9 Å². The highest BCUT2D eigenvalue weighted by Gasteiger charge is 2.29. The van der Waals surface area contributed by atoms with Gasteiger partial charge in [-0.2, -0.15) is 5.10 Å². The average molecular weight is 453 g/mol. The van der Waals surface area contributed by atoms with Crippen LogP contribution in [0.25, 0.3) is 11.3 Å². The molecular weight excluding hydrogens is 432 g/mol. The number of benzene rings is 2. The molecule has 0 aliphatic heterocycles. The van der Waals surface area contributed by atoms with E-state index in [-0.39, 0.29) is 17.9 Å². The van der Waals surface area contributed by atoms with Crippen molar-refractivity contribution < 1.29 is 9.59 Å². The van der Waals surface area contributed by atoms with E-state index >= 15 is 0 Å². The zero-order chi connectivity index (χ0) is 20.2. The lowest BCUT2D eigenvalue weighted by molar-refractivity contribution is -0.123. The smallest absolute Gasteiger partial charge is 0.269 e. The van der Waals surface area contributed by atoms with Crippen LogP contribution in [-0.4, -0.2) is 34.1 Å². The van der Waals surface area contributed by atoms with Crippen LogP contribution < -0.4 is 10.6 Å². The Morgan fingerprint density at radius 2 is 1.83 bits per heavy atom. The molecule has 2 aromatic carbocycles. The van der Waals surface area contributed by atoms with Gasteiger partial charge in [0.1, 0.15) is 11.7 Å². The van der Waals surface area contributed by atoms with E-state index in [0.717, 1.165) is 28.4 Å². The first-order valence-corrected chi connectivity index (χ1v) is 10.3. The highest BCUT2D eigenvalue weighted by molar-refractivity contribution is 9.10. The fourth-order valence-electron chi connectivity index (χ4n) is 3.03. The first-order chi connectivity index (χ1) is 14.1. The third kappa shape index (κ3) is 5.12. The summed E-state index contributed by atoms with van der Waals surface area (Å²) >= 11 is 3.41. The van der Waals surface area contributed by atoms with Crippen LogP contribution in [0, 0.1) is 0 Å². The zero-order valence-electron chi connectivity index (χ0n) is 15.7. The number of nitrogens with zero attached hydrogens (tertiary/aromatic N) is 1. The molecule has 6 nitrogen and oxygen atoms in total. The second kappa shape index (κ2) is 8.61. The van der Waals surface area contributed by atoms with E-state index in [2.05, 4.69) is 36.8 Å². The maximum Gasteiger partial charge on any atom is 0.269 e. The molecule has 29 heavy (non-hydrogen) atoms. The van der Waals surface area contributed by atoms with Crippen LogP contribution in [-0.2, 0) is 11.2 Å². The van der Waals surface area contributed by atoms with Gasteiger partial charge in [-0.25, -0.2) is 0 Å². The molecule has 148 valence electrons. The number of halogens is 1. The molecule has 1 atom stereocenters. The molecule has 1 unspecified atom stereocenters. The monoisotopic (exact) mass is 452 g/mol. The van der Waals surface area contributed by atoms with Crippen molar-refractivity contribution in [2.24, 2.45) is 0 Å². The minimum atomic E-state index is -0.648. The van der Waals surface area contributed by atoms with Crippen LogP contribution in [0.1, 0.15) is 28.9 Å². The number of carbonyl (C=O) groups is 2. The first-order valence-electron chi connectivity index (χ1n) is 9.55. The number of hydrogen-bond donors (Lipinski definition) is 3. The molecule has 0 bridgehead atoms. The van der Waals surface area contributed by atoms with E-state index in [0.29, 0.717) is 17.8 Å². The van der Waals surface area contributed by atoms with E-state index in [9.17, 15) is 9.59 Å². The molecule has 1 aromatic heterocycles. The molecule has 1 heterocycles. The number of hydrogen-bond acceptors (Lipinski definition) is 3. The maximum atomic E-state index is 12.8. The normalized spacial score (nSPS) is 14.2. The van der Waals surface area contributed by atoms with Gasteiger partial charge in [-0.1, -0.05) is 58.4 Å². The SMILES string of the molecule is O=C(NC(Cc1ccccc1)C(=O)NC1CC1)c1cc(-c2ccc(Br)cc2)n[nH]1. The van der Waals surface area contributed by atoms with Crippen molar-refractivity contribution in [2.75, 3.05) is 0 Å². The van der Waals surface area contributed by atoms with Crippen molar-refractivity contribution in [1.82, 2.24) is 20.8 Å². The average Bonchev–Trinajstić information content (AvgIpc) is 3.40. The van der Waals surface area contributed by atoms with Crippen LogP contribution in [0.5, 0.6) is 0 Å². The number of nitrogens with one attached hydrogen (secondary N) is 3.